The first-order chi connectivity index (χ1) is 16.8. The minimum absolute atomic E-state index is 0.152. The Balaban J connectivity index is 1.53. The van der Waals surface area contributed by atoms with Crippen LogP contribution in [0.1, 0.15) is 24.2 Å². The van der Waals surface area contributed by atoms with Crippen LogP contribution >= 0.6 is 27.7 Å². The SMILES string of the molecule is CC(C)CN1C(=O)C(Nc2ccccc2)=C(Sc2ccc(NC(=O)c3ccc(Br)cc3)cc2)C1=O. The van der Waals surface area contributed by atoms with Gasteiger partial charge in [-0.3, -0.25) is 19.3 Å². The summed E-state index contributed by atoms with van der Waals surface area (Å²) in [6.07, 6.45) is 0. The summed E-state index contributed by atoms with van der Waals surface area (Å²) in [5.74, 6) is -0.692. The van der Waals surface area contributed by atoms with E-state index in [0.29, 0.717) is 22.7 Å². The highest BCUT2D eigenvalue weighted by Crippen LogP contribution is 2.36. The maximum Gasteiger partial charge on any atom is 0.278 e. The first kappa shape index (κ1) is 24.8. The third-order valence-corrected chi connectivity index (χ3v) is 6.77. The lowest BCUT2D eigenvalue weighted by Crippen LogP contribution is -2.35. The Hall–Kier alpha value is -3.36. The van der Waals surface area contributed by atoms with Crippen molar-refractivity contribution in [1.82, 2.24) is 4.90 Å². The van der Waals surface area contributed by atoms with Crippen LogP contribution in [0, 0.1) is 5.92 Å². The van der Waals surface area contributed by atoms with Gasteiger partial charge >= 0.3 is 0 Å². The van der Waals surface area contributed by atoms with Gasteiger partial charge in [0.1, 0.15) is 10.6 Å². The zero-order valence-corrected chi connectivity index (χ0v) is 21.7. The lowest BCUT2D eigenvalue weighted by molar-refractivity contribution is -0.137. The molecule has 6 nitrogen and oxygen atoms in total. The van der Waals surface area contributed by atoms with Gasteiger partial charge in [-0.05, 0) is 66.6 Å². The predicted molar refractivity (Wildman–Crippen MR) is 143 cm³/mol. The monoisotopic (exact) mass is 549 g/mol. The normalized spacial score (nSPS) is 13.5. The van der Waals surface area contributed by atoms with Crippen molar-refractivity contribution in [3.8, 4) is 0 Å². The zero-order valence-electron chi connectivity index (χ0n) is 19.2. The van der Waals surface area contributed by atoms with E-state index in [2.05, 4.69) is 26.6 Å². The average Bonchev–Trinajstić information content (AvgIpc) is 3.05. The first-order valence-electron chi connectivity index (χ1n) is 11.1. The molecule has 178 valence electrons. The van der Waals surface area contributed by atoms with Crippen LogP contribution in [0.15, 0.2) is 98.8 Å². The summed E-state index contributed by atoms with van der Waals surface area (Å²) in [4.78, 5) is 41.2. The Labute approximate surface area is 216 Å². The molecule has 2 N–H and O–H groups in total. The molecule has 0 saturated heterocycles. The van der Waals surface area contributed by atoms with E-state index in [0.717, 1.165) is 15.1 Å². The fourth-order valence-corrected chi connectivity index (χ4v) is 4.69. The van der Waals surface area contributed by atoms with Gasteiger partial charge in [0.15, 0.2) is 0 Å². The van der Waals surface area contributed by atoms with Crippen molar-refractivity contribution in [2.45, 2.75) is 18.7 Å². The molecule has 0 atom stereocenters. The maximum absolute atomic E-state index is 13.2. The number of anilines is 2. The van der Waals surface area contributed by atoms with Crippen molar-refractivity contribution in [1.29, 1.82) is 0 Å². The van der Waals surface area contributed by atoms with Crippen molar-refractivity contribution in [3.05, 3.63) is 99.5 Å². The van der Waals surface area contributed by atoms with Crippen molar-refractivity contribution in [2.24, 2.45) is 5.92 Å². The molecule has 0 bridgehead atoms. The molecule has 3 aromatic rings. The molecule has 0 saturated carbocycles. The van der Waals surface area contributed by atoms with Gasteiger partial charge in [0, 0.05) is 32.9 Å². The lowest BCUT2D eigenvalue weighted by atomic mass is 10.2. The molecular formula is C27H24BrN3O3S. The van der Waals surface area contributed by atoms with Gasteiger partial charge in [0.05, 0.1) is 0 Å². The predicted octanol–water partition coefficient (Wildman–Crippen LogP) is 6.14. The minimum atomic E-state index is -0.326. The number of amides is 3. The van der Waals surface area contributed by atoms with Gasteiger partial charge in [-0.1, -0.05) is 59.7 Å². The highest BCUT2D eigenvalue weighted by molar-refractivity contribution is 9.10. The molecule has 35 heavy (non-hydrogen) atoms. The number of nitrogens with one attached hydrogen (secondary N) is 2. The van der Waals surface area contributed by atoms with E-state index in [4.69, 9.17) is 0 Å². The number of para-hydroxylation sites is 1. The van der Waals surface area contributed by atoms with E-state index < -0.39 is 0 Å². The summed E-state index contributed by atoms with van der Waals surface area (Å²) in [6.45, 7) is 4.29. The van der Waals surface area contributed by atoms with E-state index in [-0.39, 0.29) is 29.3 Å². The van der Waals surface area contributed by atoms with E-state index in [1.807, 2.05) is 68.4 Å². The summed E-state index contributed by atoms with van der Waals surface area (Å²) in [6, 6.07) is 23.6. The van der Waals surface area contributed by atoms with Crippen molar-refractivity contribution in [3.63, 3.8) is 0 Å². The van der Waals surface area contributed by atoms with Crippen LogP contribution in [0.2, 0.25) is 0 Å². The Bertz CT molecular complexity index is 1270. The number of hydrogen-bond donors (Lipinski definition) is 2. The molecule has 0 aliphatic carbocycles. The van der Waals surface area contributed by atoms with Crippen LogP contribution in [-0.2, 0) is 9.59 Å². The Morgan fingerprint density at radius 2 is 1.54 bits per heavy atom. The second kappa shape index (κ2) is 10.9. The molecule has 1 aliphatic rings. The van der Waals surface area contributed by atoms with Gasteiger partial charge in [0.25, 0.3) is 17.7 Å². The molecule has 8 heteroatoms. The number of imide groups is 1. The second-order valence-electron chi connectivity index (χ2n) is 8.40. The maximum atomic E-state index is 13.2. The van der Waals surface area contributed by atoms with Crippen molar-refractivity contribution < 1.29 is 14.4 Å². The van der Waals surface area contributed by atoms with Gasteiger partial charge in [-0.2, -0.15) is 0 Å². The third-order valence-electron chi connectivity index (χ3n) is 5.15. The topological polar surface area (TPSA) is 78.5 Å². The van der Waals surface area contributed by atoms with Gasteiger partial charge < -0.3 is 10.6 Å². The van der Waals surface area contributed by atoms with Crippen LogP contribution in [0.25, 0.3) is 0 Å². The number of nitrogens with zero attached hydrogens (tertiary/aromatic N) is 1. The molecule has 3 amide bonds. The van der Waals surface area contributed by atoms with Crippen LogP contribution < -0.4 is 10.6 Å². The molecule has 3 aromatic carbocycles. The third kappa shape index (κ3) is 6.01. The van der Waals surface area contributed by atoms with Crippen LogP contribution in [-0.4, -0.2) is 29.2 Å². The highest BCUT2D eigenvalue weighted by Gasteiger charge is 2.39. The van der Waals surface area contributed by atoms with Gasteiger partial charge in [-0.25, -0.2) is 0 Å². The molecule has 0 unspecified atom stereocenters. The van der Waals surface area contributed by atoms with Crippen molar-refractivity contribution >= 4 is 56.8 Å². The summed E-state index contributed by atoms with van der Waals surface area (Å²) < 4.78 is 0.901. The molecule has 1 heterocycles. The largest absolute Gasteiger partial charge is 0.350 e. The van der Waals surface area contributed by atoms with Crippen LogP contribution in [0.5, 0.6) is 0 Å². The Kier molecular flexibility index (Phi) is 7.73. The van der Waals surface area contributed by atoms with Crippen LogP contribution in [0.3, 0.4) is 0 Å². The molecule has 0 spiro atoms. The van der Waals surface area contributed by atoms with Crippen LogP contribution in [0.4, 0.5) is 11.4 Å². The number of carbonyl (C=O) groups excluding carboxylic acids is 3. The van der Waals surface area contributed by atoms with E-state index in [1.54, 1.807) is 24.3 Å². The number of halogens is 1. The van der Waals surface area contributed by atoms with Gasteiger partial charge in [-0.15, -0.1) is 0 Å². The summed E-state index contributed by atoms with van der Waals surface area (Å²) in [5, 5.41) is 6.01. The number of hydrogen-bond acceptors (Lipinski definition) is 5. The quantitative estimate of drug-likeness (QED) is 0.330. The minimum Gasteiger partial charge on any atom is -0.350 e. The number of benzene rings is 3. The smallest absolute Gasteiger partial charge is 0.278 e. The standard InChI is InChI=1S/C27H24BrN3O3S/c1-17(2)16-31-26(33)23(29-20-6-4-3-5-7-20)24(27(31)34)35-22-14-12-21(13-15-22)30-25(32)18-8-10-19(28)11-9-18/h3-15,17,29H,16H2,1-2H3,(H,30,32). The molecular weight excluding hydrogens is 526 g/mol. The number of carbonyl (C=O) groups is 3. The highest BCUT2D eigenvalue weighted by atomic mass is 79.9. The fourth-order valence-electron chi connectivity index (χ4n) is 3.48. The number of rotatable bonds is 8. The molecule has 4 rings (SSSR count). The second-order valence-corrected chi connectivity index (χ2v) is 10.4. The Morgan fingerprint density at radius 3 is 2.17 bits per heavy atom. The van der Waals surface area contributed by atoms with Gasteiger partial charge in [0.2, 0.25) is 0 Å². The molecule has 0 radical (unpaired) electrons. The molecule has 0 fully saturated rings. The lowest BCUT2D eigenvalue weighted by Gasteiger charge is -2.17. The average molecular weight is 550 g/mol. The van der Waals surface area contributed by atoms with E-state index >= 15 is 0 Å². The summed E-state index contributed by atoms with van der Waals surface area (Å²) in [7, 11) is 0. The first-order valence-corrected chi connectivity index (χ1v) is 12.7. The molecule has 0 aromatic heterocycles. The number of thioether (sulfide) groups is 1. The summed E-state index contributed by atoms with van der Waals surface area (Å²) >= 11 is 4.59. The zero-order chi connectivity index (χ0) is 24.9. The molecule has 1 aliphatic heterocycles. The van der Waals surface area contributed by atoms with Crippen molar-refractivity contribution in [2.75, 3.05) is 17.2 Å². The van der Waals surface area contributed by atoms with E-state index in [1.165, 1.54) is 16.7 Å². The Morgan fingerprint density at radius 1 is 0.886 bits per heavy atom. The summed E-state index contributed by atoms with van der Waals surface area (Å²) in [5.41, 5.74) is 2.20. The van der Waals surface area contributed by atoms with E-state index in [9.17, 15) is 14.4 Å². The fraction of sp³-hybridized carbons (Fsp3) is 0.148.